The SMILES string of the molecule is C=CCNc1nc(C)cc(Nc2ccccc2F)n1. The van der Waals surface area contributed by atoms with Gasteiger partial charge in [0.15, 0.2) is 0 Å². The number of nitrogens with one attached hydrogen (secondary N) is 2. The normalized spacial score (nSPS) is 10.0. The van der Waals surface area contributed by atoms with Gasteiger partial charge in [0.1, 0.15) is 11.6 Å². The van der Waals surface area contributed by atoms with E-state index in [0.717, 1.165) is 5.69 Å². The Morgan fingerprint density at radius 2 is 2.11 bits per heavy atom. The molecule has 1 heterocycles. The molecular formula is C14H15FN4. The van der Waals surface area contributed by atoms with Gasteiger partial charge in [0, 0.05) is 18.3 Å². The molecule has 0 spiro atoms. The van der Waals surface area contributed by atoms with Crippen molar-refractivity contribution < 1.29 is 4.39 Å². The average Bonchev–Trinajstić information content (AvgIpc) is 2.38. The van der Waals surface area contributed by atoms with E-state index in [9.17, 15) is 4.39 Å². The molecule has 98 valence electrons. The first kappa shape index (κ1) is 13.0. The fraction of sp³-hybridized carbons (Fsp3) is 0.143. The molecule has 0 radical (unpaired) electrons. The minimum Gasteiger partial charge on any atom is -0.351 e. The smallest absolute Gasteiger partial charge is 0.225 e. The molecule has 0 unspecified atom stereocenters. The van der Waals surface area contributed by atoms with Crippen LogP contribution in [0.1, 0.15) is 5.69 Å². The van der Waals surface area contributed by atoms with Gasteiger partial charge in [-0.3, -0.25) is 0 Å². The van der Waals surface area contributed by atoms with Crippen molar-refractivity contribution in [2.75, 3.05) is 17.2 Å². The van der Waals surface area contributed by atoms with Gasteiger partial charge in [-0.05, 0) is 19.1 Å². The van der Waals surface area contributed by atoms with Crippen LogP contribution in [0.5, 0.6) is 0 Å². The van der Waals surface area contributed by atoms with Crippen LogP contribution < -0.4 is 10.6 Å². The fourth-order valence-electron chi connectivity index (χ4n) is 1.58. The first-order chi connectivity index (χ1) is 9.19. The maximum atomic E-state index is 13.5. The van der Waals surface area contributed by atoms with E-state index in [1.807, 2.05) is 6.92 Å². The molecule has 0 fully saturated rings. The third kappa shape index (κ3) is 3.51. The summed E-state index contributed by atoms with van der Waals surface area (Å²) < 4.78 is 13.5. The second-order valence-electron chi connectivity index (χ2n) is 3.99. The number of hydrogen-bond donors (Lipinski definition) is 2. The number of para-hydroxylation sites is 1. The van der Waals surface area contributed by atoms with Gasteiger partial charge in [-0.2, -0.15) is 4.98 Å². The lowest BCUT2D eigenvalue weighted by molar-refractivity contribution is 0.632. The van der Waals surface area contributed by atoms with Crippen molar-refractivity contribution in [1.29, 1.82) is 0 Å². The second kappa shape index (κ2) is 5.95. The van der Waals surface area contributed by atoms with Crippen LogP contribution in [0.4, 0.5) is 21.8 Å². The average molecular weight is 258 g/mol. The second-order valence-corrected chi connectivity index (χ2v) is 3.99. The Morgan fingerprint density at radius 1 is 1.32 bits per heavy atom. The van der Waals surface area contributed by atoms with Crippen molar-refractivity contribution in [3.63, 3.8) is 0 Å². The number of benzene rings is 1. The number of halogens is 1. The van der Waals surface area contributed by atoms with Crippen LogP contribution in [0.2, 0.25) is 0 Å². The zero-order valence-corrected chi connectivity index (χ0v) is 10.7. The number of rotatable bonds is 5. The van der Waals surface area contributed by atoms with E-state index in [2.05, 4.69) is 27.2 Å². The van der Waals surface area contributed by atoms with Gasteiger partial charge in [0.25, 0.3) is 0 Å². The fourth-order valence-corrected chi connectivity index (χ4v) is 1.58. The van der Waals surface area contributed by atoms with Crippen LogP contribution in [0, 0.1) is 12.7 Å². The summed E-state index contributed by atoms with van der Waals surface area (Å²) in [6, 6.07) is 8.21. The van der Waals surface area contributed by atoms with Crippen LogP contribution in [0.15, 0.2) is 43.0 Å². The van der Waals surface area contributed by atoms with Crippen molar-refractivity contribution in [1.82, 2.24) is 9.97 Å². The Bertz CT molecular complexity index is 583. The molecule has 4 nitrogen and oxygen atoms in total. The molecular weight excluding hydrogens is 243 g/mol. The Labute approximate surface area is 111 Å². The minimum absolute atomic E-state index is 0.320. The Morgan fingerprint density at radius 3 is 2.84 bits per heavy atom. The third-order valence-corrected chi connectivity index (χ3v) is 2.40. The summed E-state index contributed by atoms with van der Waals surface area (Å²) in [7, 11) is 0. The molecule has 0 aliphatic heterocycles. The standard InChI is InChI=1S/C14H15FN4/c1-3-8-16-14-17-10(2)9-13(19-14)18-12-7-5-4-6-11(12)15/h3-7,9H,1,8H2,2H3,(H2,16,17,18,19). The quantitative estimate of drug-likeness (QED) is 0.808. The molecule has 2 N–H and O–H groups in total. The van der Waals surface area contributed by atoms with Crippen LogP contribution in [0.3, 0.4) is 0 Å². The summed E-state index contributed by atoms with van der Waals surface area (Å²) in [4.78, 5) is 8.49. The van der Waals surface area contributed by atoms with Gasteiger partial charge in [-0.1, -0.05) is 18.2 Å². The molecule has 0 saturated heterocycles. The van der Waals surface area contributed by atoms with E-state index in [0.29, 0.717) is 24.0 Å². The summed E-state index contributed by atoms with van der Waals surface area (Å²) in [5.41, 5.74) is 1.18. The maximum Gasteiger partial charge on any atom is 0.225 e. The Kier molecular flexibility index (Phi) is 4.07. The molecule has 0 saturated carbocycles. The predicted molar refractivity (Wildman–Crippen MR) is 75.1 cm³/mol. The third-order valence-electron chi connectivity index (χ3n) is 2.40. The summed E-state index contributed by atoms with van der Waals surface area (Å²) in [5, 5.41) is 5.94. The first-order valence-corrected chi connectivity index (χ1v) is 5.91. The molecule has 19 heavy (non-hydrogen) atoms. The molecule has 2 aromatic rings. The van der Waals surface area contributed by atoms with Gasteiger partial charge in [0.2, 0.25) is 5.95 Å². The van der Waals surface area contributed by atoms with Gasteiger partial charge in [0.05, 0.1) is 5.69 Å². The number of hydrogen-bond acceptors (Lipinski definition) is 4. The summed E-state index contributed by atoms with van der Waals surface area (Å²) in [5.74, 6) is 0.710. The lowest BCUT2D eigenvalue weighted by Gasteiger charge is -2.09. The predicted octanol–water partition coefficient (Wildman–Crippen LogP) is 3.27. The van der Waals surface area contributed by atoms with Crippen molar-refractivity contribution in [2.24, 2.45) is 0 Å². The zero-order chi connectivity index (χ0) is 13.7. The monoisotopic (exact) mass is 258 g/mol. The highest BCUT2D eigenvalue weighted by Gasteiger charge is 2.04. The highest BCUT2D eigenvalue weighted by atomic mass is 19.1. The molecule has 1 aromatic heterocycles. The van der Waals surface area contributed by atoms with Gasteiger partial charge in [-0.15, -0.1) is 6.58 Å². The van der Waals surface area contributed by atoms with E-state index < -0.39 is 0 Å². The van der Waals surface area contributed by atoms with E-state index in [1.165, 1.54) is 6.07 Å². The van der Waals surface area contributed by atoms with Gasteiger partial charge >= 0.3 is 0 Å². The highest BCUT2D eigenvalue weighted by Crippen LogP contribution is 2.19. The minimum atomic E-state index is -0.320. The van der Waals surface area contributed by atoms with E-state index in [1.54, 1.807) is 30.3 Å². The molecule has 0 atom stereocenters. The Balaban J connectivity index is 2.22. The van der Waals surface area contributed by atoms with Crippen molar-refractivity contribution in [2.45, 2.75) is 6.92 Å². The van der Waals surface area contributed by atoms with Gasteiger partial charge in [-0.25, -0.2) is 9.37 Å². The van der Waals surface area contributed by atoms with Crippen molar-refractivity contribution >= 4 is 17.5 Å². The van der Waals surface area contributed by atoms with E-state index >= 15 is 0 Å². The number of anilines is 3. The molecule has 0 amide bonds. The van der Waals surface area contributed by atoms with Crippen LogP contribution in [0.25, 0.3) is 0 Å². The van der Waals surface area contributed by atoms with E-state index in [-0.39, 0.29) is 5.82 Å². The van der Waals surface area contributed by atoms with E-state index in [4.69, 9.17) is 0 Å². The first-order valence-electron chi connectivity index (χ1n) is 5.91. The number of aromatic nitrogens is 2. The summed E-state index contributed by atoms with van der Waals surface area (Å²) >= 11 is 0. The number of aryl methyl sites for hydroxylation is 1. The molecule has 5 heteroatoms. The van der Waals surface area contributed by atoms with Gasteiger partial charge < -0.3 is 10.6 Å². The molecule has 0 aliphatic carbocycles. The lowest BCUT2D eigenvalue weighted by atomic mass is 10.3. The largest absolute Gasteiger partial charge is 0.351 e. The zero-order valence-electron chi connectivity index (χ0n) is 10.7. The number of nitrogens with zero attached hydrogens (tertiary/aromatic N) is 2. The molecule has 0 aliphatic rings. The van der Waals surface area contributed by atoms with Crippen LogP contribution >= 0.6 is 0 Å². The van der Waals surface area contributed by atoms with Crippen LogP contribution in [-0.4, -0.2) is 16.5 Å². The summed E-state index contributed by atoms with van der Waals surface area (Å²) in [6.45, 7) is 6.04. The molecule has 1 aromatic carbocycles. The summed E-state index contributed by atoms with van der Waals surface area (Å²) in [6.07, 6.45) is 1.72. The maximum absolute atomic E-state index is 13.5. The molecule has 0 bridgehead atoms. The highest BCUT2D eigenvalue weighted by molar-refractivity contribution is 5.58. The van der Waals surface area contributed by atoms with Crippen molar-refractivity contribution in [3.8, 4) is 0 Å². The molecule has 2 rings (SSSR count). The lowest BCUT2D eigenvalue weighted by Crippen LogP contribution is -2.06. The van der Waals surface area contributed by atoms with Crippen LogP contribution in [-0.2, 0) is 0 Å². The Hall–Kier alpha value is -2.43. The van der Waals surface area contributed by atoms with Crippen molar-refractivity contribution in [3.05, 3.63) is 54.5 Å². The topological polar surface area (TPSA) is 49.8 Å².